The van der Waals surface area contributed by atoms with Gasteiger partial charge in [-0.2, -0.15) is 0 Å². The van der Waals surface area contributed by atoms with E-state index in [2.05, 4.69) is 0 Å². The molecule has 0 saturated carbocycles. The second kappa shape index (κ2) is 6.09. The Morgan fingerprint density at radius 3 is 2.68 bits per heavy atom. The van der Waals surface area contributed by atoms with Crippen molar-refractivity contribution in [1.82, 2.24) is 4.90 Å². The zero-order valence-electron chi connectivity index (χ0n) is 11.1. The molecule has 1 unspecified atom stereocenters. The molecule has 1 aliphatic heterocycles. The van der Waals surface area contributed by atoms with Gasteiger partial charge < -0.3 is 9.47 Å². The summed E-state index contributed by atoms with van der Waals surface area (Å²) in [6.45, 7) is 2.01. The highest BCUT2D eigenvalue weighted by Crippen LogP contribution is 2.19. The highest BCUT2D eigenvalue weighted by molar-refractivity contribution is 5.73. The number of methoxy groups -OCH3 is 1. The third kappa shape index (κ3) is 3.16. The summed E-state index contributed by atoms with van der Waals surface area (Å²) in [4.78, 5) is 13.7. The number of amides is 1. The Morgan fingerprint density at radius 1 is 1.32 bits per heavy atom. The Bertz CT molecular complexity index is 493. The number of allylic oxidation sites excluding steroid dienone is 1. The maximum atomic E-state index is 12.1. The first-order valence-electron chi connectivity index (χ1n) is 6.23. The van der Waals surface area contributed by atoms with Crippen LogP contribution >= 0.6 is 0 Å². The summed E-state index contributed by atoms with van der Waals surface area (Å²) in [7, 11) is 1.61. The van der Waals surface area contributed by atoms with Crippen molar-refractivity contribution < 1.29 is 14.3 Å². The number of rotatable bonds is 3. The fraction of sp³-hybridized carbons (Fsp3) is 0.267. The molecular weight excluding hydrogens is 242 g/mol. The minimum Gasteiger partial charge on any atom is -0.497 e. The van der Waals surface area contributed by atoms with Crippen LogP contribution in [0.2, 0.25) is 0 Å². The number of para-hydroxylation sites is 1. The van der Waals surface area contributed by atoms with Gasteiger partial charge in [-0.25, -0.2) is 4.79 Å². The van der Waals surface area contributed by atoms with Crippen LogP contribution in [0.1, 0.15) is 13.3 Å². The molecule has 0 bridgehead atoms. The van der Waals surface area contributed by atoms with Crippen LogP contribution in [0.5, 0.6) is 5.75 Å². The van der Waals surface area contributed by atoms with Crippen molar-refractivity contribution in [2.45, 2.75) is 19.4 Å². The van der Waals surface area contributed by atoms with E-state index in [1.165, 1.54) is 0 Å². The van der Waals surface area contributed by atoms with Crippen LogP contribution in [0.15, 0.2) is 54.4 Å². The van der Waals surface area contributed by atoms with Crippen molar-refractivity contribution in [3.8, 4) is 5.75 Å². The van der Waals surface area contributed by atoms with Gasteiger partial charge in [-0.1, -0.05) is 25.1 Å². The third-order valence-electron chi connectivity index (χ3n) is 2.93. The molecule has 0 radical (unpaired) electrons. The van der Waals surface area contributed by atoms with Gasteiger partial charge in [0.1, 0.15) is 11.5 Å². The zero-order valence-corrected chi connectivity index (χ0v) is 11.1. The Morgan fingerprint density at radius 2 is 2.05 bits per heavy atom. The Hall–Kier alpha value is -2.23. The summed E-state index contributed by atoms with van der Waals surface area (Å²) in [5, 5.41) is 0. The lowest BCUT2D eigenvalue weighted by Gasteiger charge is -2.28. The number of hydrogen-bond acceptors (Lipinski definition) is 3. The van der Waals surface area contributed by atoms with Gasteiger partial charge in [0.15, 0.2) is 0 Å². The molecule has 1 amide bonds. The maximum Gasteiger partial charge on any atom is 0.419 e. The fourth-order valence-corrected chi connectivity index (χ4v) is 1.88. The highest BCUT2D eigenvalue weighted by Gasteiger charge is 2.23. The zero-order chi connectivity index (χ0) is 13.7. The predicted molar refractivity (Wildman–Crippen MR) is 72.6 cm³/mol. The van der Waals surface area contributed by atoms with E-state index in [1.807, 2.05) is 31.2 Å². The van der Waals surface area contributed by atoms with Crippen LogP contribution < -0.4 is 4.74 Å². The van der Waals surface area contributed by atoms with E-state index in [9.17, 15) is 4.79 Å². The maximum absolute atomic E-state index is 12.1. The molecule has 100 valence electrons. The van der Waals surface area contributed by atoms with E-state index < -0.39 is 0 Å². The second-order valence-electron chi connectivity index (χ2n) is 4.15. The van der Waals surface area contributed by atoms with E-state index in [0.717, 1.165) is 12.2 Å². The molecule has 1 atom stereocenters. The van der Waals surface area contributed by atoms with Crippen molar-refractivity contribution in [2.24, 2.45) is 0 Å². The van der Waals surface area contributed by atoms with Crippen LogP contribution in [-0.4, -0.2) is 24.1 Å². The van der Waals surface area contributed by atoms with Crippen LogP contribution in [0.3, 0.4) is 0 Å². The molecule has 4 nitrogen and oxygen atoms in total. The van der Waals surface area contributed by atoms with Gasteiger partial charge in [0.2, 0.25) is 0 Å². The molecule has 0 aromatic heterocycles. The van der Waals surface area contributed by atoms with E-state index in [4.69, 9.17) is 9.47 Å². The van der Waals surface area contributed by atoms with Crippen molar-refractivity contribution in [3.63, 3.8) is 0 Å². The molecule has 1 heterocycles. The lowest BCUT2D eigenvalue weighted by Crippen LogP contribution is -2.38. The standard InChI is InChI=1S/C15H17NO3/c1-3-12-11-14(18-2)9-10-16(12)15(17)19-13-7-5-4-6-8-13/h4-12H,3H2,1-2H3. The largest absolute Gasteiger partial charge is 0.497 e. The van der Waals surface area contributed by atoms with Crippen molar-refractivity contribution in [2.75, 3.05) is 7.11 Å². The SMILES string of the molecule is CCC1C=C(OC)C=CN1C(=O)Oc1ccccc1. The molecule has 2 rings (SSSR count). The van der Waals surface area contributed by atoms with Gasteiger partial charge in [0, 0.05) is 6.20 Å². The molecule has 19 heavy (non-hydrogen) atoms. The third-order valence-corrected chi connectivity index (χ3v) is 2.93. The van der Waals surface area contributed by atoms with Gasteiger partial charge in [0.05, 0.1) is 13.2 Å². The van der Waals surface area contributed by atoms with Crippen molar-refractivity contribution in [3.05, 3.63) is 54.4 Å². The van der Waals surface area contributed by atoms with Gasteiger partial charge >= 0.3 is 6.09 Å². The minimum absolute atomic E-state index is 0.0452. The van der Waals surface area contributed by atoms with Gasteiger partial charge in [0.25, 0.3) is 0 Å². The topological polar surface area (TPSA) is 38.8 Å². The lowest BCUT2D eigenvalue weighted by atomic mass is 10.1. The molecule has 4 heteroatoms. The summed E-state index contributed by atoms with van der Waals surface area (Å²) < 4.78 is 10.5. The smallest absolute Gasteiger partial charge is 0.419 e. The van der Waals surface area contributed by atoms with E-state index in [0.29, 0.717) is 5.75 Å². The summed E-state index contributed by atoms with van der Waals surface area (Å²) in [5.41, 5.74) is 0. The lowest BCUT2D eigenvalue weighted by molar-refractivity contribution is 0.158. The first-order chi connectivity index (χ1) is 9.24. The van der Waals surface area contributed by atoms with E-state index in [-0.39, 0.29) is 12.1 Å². The average molecular weight is 259 g/mol. The van der Waals surface area contributed by atoms with Crippen molar-refractivity contribution in [1.29, 1.82) is 0 Å². The fourth-order valence-electron chi connectivity index (χ4n) is 1.88. The van der Waals surface area contributed by atoms with Gasteiger partial charge in [-0.05, 0) is 30.7 Å². The van der Waals surface area contributed by atoms with Gasteiger partial charge in [-0.3, -0.25) is 4.90 Å². The first-order valence-corrected chi connectivity index (χ1v) is 6.23. The Kier molecular flexibility index (Phi) is 4.23. The number of ether oxygens (including phenoxy) is 2. The molecule has 0 N–H and O–H groups in total. The molecule has 0 aliphatic carbocycles. The minimum atomic E-state index is -0.388. The summed E-state index contributed by atoms with van der Waals surface area (Å²) >= 11 is 0. The molecule has 1 aromatic rings. The normalized spacial score (nSPS) is 17.9. The average Bonchev–Trinajstić information content (AvgIpc) is 2.47. The summed E-state index contributed by atoms with van der Waals surface area (Å²) in [5.74, 6) is 1.30. The molecular formula is C15H17NO3. The Balaban J connectivity index is 2.07. The molecule has 0 spiro atoms. The number of nitrogens with zero attached hydrogens (tertiary/aromatic N) is 1. The van der Waals surface area contributed by atoms with Crippen LogP contribution in [-0.2, 0) is 4.74 Å². The van der Waals surface area contributed by atoms with Crippen LogP contribution in [0, 0.1) is 0 Å². The molecule has 1 aromatic carbocycles. The monoisotopic (exact) mass is 259 g/mol. The molecule has 1 aliphatic rings. The van der Waals surface area contributed by atoms with Gasteiger partial charge in [-0.15, -0.1) is 0 Å². The van der Waals surface area contributed by atoms with E-state index >= 15 is 0 Å². The number of carbonyl (C=O) groups is 1. The Labute approximate surface area is 112 Å². The number of hydrogen-bond donors (Lipinski definition) is 0. The number of carbonyl (C=O) groups excluding carboxylic acids is 1. The molecule has 0 fully saturated rings. The van der Waals surface area contributed by atoms with Crippen LogP contribution in [0.4, 0.5) is 4.79 Å². The molecule has 0 saturated heterocycles. The van der Waals surface area contributed by atoms with E-state index in [1.54, 1.807) is 36.4 Å². The first kappa shape index (κ1) is 13.2. The quantitative estimate of drug-likeness (QED) is 0.835. The second-order valence-corrected chi connectivity index (χ2v) is 4.15. The predicted octanol–water partition coefficient (Wildman–Crippen LogP) is 3.32. The van der Waals surface area contributed by atoms with Crippen molar-refractivity contribution >= 4 is 6.09 Å². The summed E-state index contributed by atoms with van der Waals surface area (Å²) in [6, 6.07) is 8.99. The van der Waals surface area contributed by atoms with Crippen LogP contribution in [0.25, 0.3) is 0 Å². The summed E-state index contributed by atoms with van der Waals surface area (Å²) in [6.07, 6.45) is 5.75. The highest BCUT2D eigenvalue weighted by atomic mass is 16.6. The number of benzene rings is 1.